The number of sulfonamides is 1. The number of nitro groups is 1. The standard InChI is InChI=1S/C10H8ClN3O5S2/c1-19-8-3-2-6(14(15)16)4-7(8)13-21(17,18)9-5-12-10(11)20-9/h2-5,13H,1H3. The zero-order valence-corrected chi connectivity index (χ0v) is 12.8. The number of hydrogen-bond acceptors (Lipinski definition) is 7. The zero-order chi connectivity index (χ0) is 15.6. The average Bonchev–Trinajstić information content (AvgIpc) is 2.85. The highest BCUT2D eigenvalue weighted by atomic mass is 35.5. The van der Waals surface area contributed by atoms with Gasteiger partial charge in [0.2, 0.25) is 0 Å². The second-order valence-corrected chi connectivity index (χ2v) is 7.20. The van der Waals surface area contributed by atoms with Gasteiger partial charge in [-0.25, -0.2) is 13.4 Å². The van der Waals surface area contributed by atoms with Gasteiger partial charge in [0.15, 0.2) is 8.68 Å². The Morgan fingerprint density at radius 2 is 2.19 bits per heavy atom. The van der Waals surface area contributed by atoms with Crippen molar-refractivity contribution in [1.29, 1.82) is 0 Å². The van der Waals surface area contributed by atoms with Gasteiger partial charge in [-0.3, -0.25) is 14.8 Å². The van der Waals surface area contributed by atoms with E-state index in [9.17, 15) is 18.5 Å². The predicted molar refractivity (Wildman–Crippen MR) is 77.6 cm³/mol. The normalized spacial score (nSPS) is 11.1. The number of methoxy groups -OCH3 is 1. The molecule has 0 atom stereocenters. The molecule has 1 aromatic heterocycles. The number of halogens is 1. The number of anilines is 1. The predicted octanol–water partition coefficient (Wildman–Crippen LogP) is 2.51. The average molecular weight is 350 g/mol. The molecule has 0 radical (unpaired) electrons. The Bertz CT molecular complexity index is 790. The number of non-ortho nitro benzene ring substituents is 1. The van der Waals surface area contributed by atoms with Crippen molar-refractivity contribution in [3.63, 3.8) is 0 Å². The minimum atomic E-state index is -3.95. The summed E-state index contributed by atoms with van der Waals surface area (Å²) in [6, 6.07) is 3.58. The fraction of sp³-hybridized carbons (Fsp3) is 0.100. The third kappa shape index (κ3) is 3.40. The highest BCUT2D eigenvalue weighted by Crippen LogP contribution is 2.32. The van der Waals surface area contributed by atoms with Crippen LogP contribution in [0.5, 0.6) is 5.75 Å². The summed E-state index contributed by atoms with van der Waals surface area (Å²) >= 11 is 6.36. The van der Waals surface area contributed by atoms with E-state index in [1.54, 1.807) is 0 Å². The fourth-order valence-corrected chi connectivity index (χ4v) is 3.80. The van der Waals surface area contributed by atoms with E-state index in [4.69, 9.17) is 16.3 Å². The molecule has 0 amide bonds. The molecule has 1 heterocycles. The van der Waals surface area contributed by atoms with Crippen molar-refractivity contribution in [2.75, 3.05) is 11.8 Å². The molecule has 1 N–H and O–H groups in total. The lowest BCUT2D eigenvalue weighted by atomic mass is 10.2. The van der Waals surface area contributed by atoms with E-state index in [1.807, 2.05) is 0 Å². The summed E-state index contributed by atoms with van der Waals surface area (Å²) < 4.78 is 31.4. The number of rotatable bonds is 5. The first-order valence-electron chi connectivity index (χ1n) is 5.30. The van der Waals surface area contributed by atoms with Gasteiger partial charge in [-0.2, -0.15) is 0 Å². The third-order valence-corrected chi connectivity index (χ3v) is 5.30. The van der Waals surface area contributed by atoms with Crippen LogP contribution < -0.4 is 9.46 Å². The second-order valence-electron chi connectivity index (χ2n) is 3.68. The van der Waals surface area contributed by atoms with Crippen molar-refractivity contribution in [3.8, 4) is 5.75 Å². The van der Waals surface area contributed by atoms with Crippen LogP contribution >= 0.6 is 22.9 Å². The van der Waals surface area contributed by atoms with Gasteiger partial charge in [-0.1, -0.05) is 22.9 Å². The molecule has 8 nitrogen and oxygen atoms in total. The number of ether oxygens (including phenoxy) is 1. The maximum Gasteiger partial charge on any atom is 0.273 e. The monoisotopic (exact) mass is 349 g/mol. The molecule has 0 aliphatic rings. The lowest BCUT2D eigenvalue weighted by molar-refractivity contribution is -0.384. The van der Waals surface area contributed by atoms with E-state index >= 15 is 0 Å². The van der Waals surface area contributed by atoms with Crippen molar-refractivity contribution in [2.45, 2.75) is 4.21 Å². The lowest BCUT2D eigenvalue weighted by Gasteiger charge is -2.10. The van der Waals surface area contributed by atoms with Crippen LogP contribution in [0.15, 0.2) is 28.6 Å². The Kier molecular flexibility index (Phi) is 4.30. The molecule has 0 spiro atoms. The first-order valence-corrected chi connectivity index (χ1v) is 7.98. The van der Waals surface area contributed by atoms with Gasteiger partial charge in [-0.05, 0) is 6.07 Å². The van der Waals surface area contributed by atoms with Gasteiger partial charge in [0.1, 0.15) is 5.75 Å². The van der Waals surface area contributed by atoms with Crippen LogP contribution in [0.2, 0.25) is 4.47 Å². The Morgan fingerprint density at radius 3 is 2.71 bits per heavy atom. The molecule has 0 bridgehead atoms. The zero-order valence-electron chi connectivity index (χ0n) is 10.4. The molecular weight excluding hydrogens is 342 g/mol. The van der Waals surface area contributed by atoms with Gasteiger partial charge in [-0.15, -0.1) is 0 Å². The van der Waals surface area contributed by atoms with E-state index in [1.165, 1.54) is 19.2 Å². The molecular formula is C10H8ClN3O5S2. The summed E-state index contributed by atoms with van der Waals surface area (Å²) in [4.78, 5) is 13.8. The molecule has 11 heteroatoms. The highest BCUT2D eigenvalue weighted by molar-refractivity contribution is 7.94. The molecule has 0 saturated carbocycles. The molecule has 0 aliphatic carbocycles. The number of nitro benzene ring substituents is 1. The third-order valence-electron chi connectivity index (χ3n) is 2.36. The molecule has 112 valence electrons. The molecule has 0 fully saturated rings. The minimum Gasteiger partial charge on any atom is -0.495 e. The first kappa shape index (κ1) is 15.5. The smallest absolute Gasteiger partial charge is 0.273 e. The van der Waals surface area contributed by atoms with Gasteiger partial charge in [0.25, 0.3) is 15.7 Å². The van der Waals surface area contributed by atoms with E-state index in [2.05, 4.69) is 9.71 Å². The fourth-order valence-electron chi connectivity index (χ4n) is 1.45. The largest absolute Gasteiger partial charge is 0.495 e. The molecule has 2 aromatic rings. The lowest BCUT2D eigenvalue weighted by Crippen LogP contribution is -2.12. The second kappa shape index (κ2) is 5.84. The van der Waals surface area contributed by atoms with E-state index in [0.29, 0.717) is 0 Å². The van der Waals surface area contributed by atoms with Crippen LogP contribution in [-0.2, 0) is 10.0 Å². The van der Waals surface area contributed by atoms with Crippen molar-refractivity contribution in [3.05, 3.63) is 39.0 Å². The summed E-state index contributed by atoms with van der Waals surface area (Å²) in [6.45, 7) is 0. The van der Waals surface area contributed by atoms with Crippen LogP contribution in [-0.4, -0.2) is 25.4 Å². The van der Waals surface area contributed by atoms with Crippen molar-refractivity contribution >= 4 is 44.3 Å². The highest BCUT2D eigenvalue weighted by Gasteiger charge is 2.21. The molecule has 2 rings (SSSR count). The Hall–Kier alpha value is -1.91. The first-order chi connectivity index (χ1) is 9.83. The summed E-state index contributed by atoms with van der Waals surface area (Å²) in [7, 11) is -2.63. The van der Waals surface area contributed by atoms with E-state index in [0.717, 1.165) is 23.6 Å². The van der Waals surface area contributed by atoms with Crippen LogP contribution in [0.4, 0.5) is 11.4 Å². The van der Waals surface area contributed by atoms with E-state index in [-0.39, 0.29) is 25.8 Å². The Balaban J connectivity index is 2.42. The Morgan fingerprint density at radius 1 is 1.48 bits per heavy atom. The van der Waals surface area contributed by atoms with Gasteiger partial charge >= 0.3 is 0 Å². The topological polar surface area (TPSA) is 111 Å². The maximum atomic E-state index is 12.1. The number of hydrogen-bond donors (Lipinski definition) is 1. The van der Waals surface area contributed by atoms with Gasteiger partial charge < -0.3 is 4.74 Å². The molecule has 1 aromatic carbocycles. The van der Waals surface area contributed by atoms with E-state index < -0.39 is 14.9 Å². The quantitative estimate of drug-likeness (QED) is 0.655. The molecule has 21 heavy (non-hydrogen) atoms. The summed E-state index contributed by atoms with van der Waals surface area (Å²) in [6.07, 6.45) is 1.10. The minimum absolute atomic E-state index is 0.0452. The molecule has 0 aliphatic heterocycles. The number of benzene rings is 1. The number of aromatic nitrogens is 1. The summed E-state index contributed by atoms with van der Waals surface area (Å²) in [5, 5.41) is 10.8. The van der Waals surface area contributed by atoms with Crippen LogP contribution in [0, 0.1) is 10.1 Å². The Labute approximate surface area is 128 Å². The van der Waals surface area contributed by atoms with Crippen molar-refractivity contribution < 1.29 is 18.1 Å². The maximum absolute atomic E-state index is 12.1. The number of thiazole rings is 1. The number of nitrogens with one attached hydrogen (secondary N) is 1. The SMILES string of the molecule is COc1ccc([N+](=O)[O-])cc1NS(=O)(=O)c1cnc(Cl)s1. The number of nitrogens with zero attached hydrogens (tertiary/aromatic N) is 2. The summed E-state index contributed by atoms with van der Waals surface area (Å²) in [5.41, 5.74) is -0.313. The van der Waals surface area contributed by atoms with Crippen molar-refractivity contribution in [1.82, 2.24) is 4.98 Å². The van der Waals surface area contributed by atoms with Crippen LogP contribution in [0.1, 0.15) is 0 Å². The van der Waals surface area contributed by atoms with Crippen molar-refractivity contribution in [2.24, 2.45) is 0 Å². The van der Waals surface area contributed by atoms with Crippen LogP contribution in [0.3, 0.4) is 0 Å². The molecule has 0 saturated heterocycles. The van der Waals surface area contributed by atoms with Crippen LogP contribution in [0.25, 0.3) is 0 Å². The summed E-state index contributed by atoms with van der Waals surface area (Å²) in [5.74, 6) is 0.153. The molecule has 0 unspecified atom stereocenters. The van der Waals surface area contributed by atoms with Gasteiger partial charge in [0, 0.05) is 12.1 Å². The van der Waals surface area contributed by atoms with Gasteiger partial charge in [0.05, 0.1) is 23.9 Å².